The van der Waals surface area contributed by atoms with Gasteiger partial charge in [0, 0.05) is 30.6 Å². The predicted octanol–water partition coefficient (Wildman–Crippen LogP) is 2.12. The number of nitrogens with zero attached hydrogens (tertiary/aromatic N) is 2. The third kappa shape index (κ3) is 2.99. The molecule has 5 heteroatoms. The minimum atomic E-state index is -0.812. The van der Waals surface area contributed by atoms with Crippen molar-refractivity contribution in [2.24, 2.45) is 0 Å². The molecule has 0 spiro atoms. The lowest BCUT2D eigenvalue weighted by atomic mass is 10.2. The molecule has 0 aliphatic carbocycles. The van der Waals surface area contributed by atoms with Crippen LogP contribution in [0.3, 0.4) is 0 Å². The van der Waals surface area contributed by atoms with E-state index in [1.54, 1.807) is 6.07 Å². The fourth-order valence-electron chi connectivity index (χ4n) is 3.16. The van der Waals surface area contributed by atoms with E-state index in [9.17, 15) is 4.79 Å². The third-order valence-electron chi connectivity index (χ3n) is 4.16. The Hall–Kier alpha value is -0.910. The summed E-state index contributed by atoms with van der Waals surface area (Å²) in [5.74, 6) is -0.812. The molecular weight excluding hydrogens is 260 g/mol. The highest BCUT2D eigenvalue weighted by Crippen LogP contribution is 2.24. The van der Waals surface area contributed by atoms with Gasteiger partial charge in [-0.05, 0) is 44.5 Å². The summed E-state index contributed by atoms with van der Waals surface area (Å²) in [4.78, 5) is 17.6. The van der Waals surface area contributed by atoms with E-state index in [1.807, 2.05) is 6.07 Å². The van der Waals surface area contributed by atoms with Crippen molar-refractivity contribution in [3.05, 3.63) is 21.9 Å². The first-order valence-electron chi connectivity index (χ1n) is 7.01. The van der Waals surface area contributed by atoms with Crippen LogP contribution in [0, 0.1) is 0 Å². The van der Waals surface area contributed by atoms with Gasteiger partial charge < -0.3 is 5.11 Å². The Labute approximate surface area is 117 Å². The molecule has 2 aliphatic rings. The van der Waals surface area contributed by atoms with Crippen LogP contribution >= 0.6 is 11.3 Å². The number of likely N-dealkylation sites (tertiary alicyclic amines) is 2. The maximum atomic E-state index is 10.9. The number of carboxylic acid groups (broad SMARTS) is 1. The molecule has 19 heavy (non-hydrogen) atoms. The minimum Gasteiger partial charge on any atom is -0.477 e. The summed E-state index contributed by atoms with van der Waals surface area (Å²) in [5.41, 5.74) is 0. The molecule has 2 fully saturated rings. The molecule has 3 rings (SSSR count). The molecule has 4 nitrogen and oxygen atoms in total. The zero-order valence-electron chi connectivity index (χ0n) is 11.0. The van der Waals surface area contributed by atoms with E-state index in [0.29, 0.717) is 4.88 Å². The Balaban J connectivity index is 1.54. The number of carboxylic acids is 1. The largest absolute Gasteiger partial charge is 0.477 e. The van der Waals surface area contributed by atoms with Gasteiger partial charge in [0.25, 0.3) is 0 Å². The highest BCUT2D eigenvalue weighted by Gasteiger charge is 2.29. The maximum Gasteiger partial charge on any atom is 0.345 e. The Kier molecular flexibility index (Phi) is 3.86. The fraction of sp³-hybridized carbons (Fsp3) is 0.643. The Morgan fingerprint density at radius 2 is 2.11 bits per heavy atom. The maximum absolute atomic E-state index is 10.9. The summed E-state index contributed by atoms with van der Waals surface area (Å²) < 4.78 is 0. The average molecular weight is 280 g/mol. The lowest BCUT2D eigenvalue weighted by molar-refractivity contribution is 0.0702. The molecule has 0 aromatic carbocycles. The molecule has 0 saturated carbocycles. The Morgan fingerprint density at radius 3 is 2.79 bits per heavy atom. The Morgan fingerprint density at radius 1 is 1.32 bits per heavy atom. The molecule has 3 heterocycles. The second-order valence-corrected chi connectivity index (χ2v) is 6.66. The Bertz CT molecular complexity index is 454. The van der Waals surface area contributed by atoms with Gasteiger partial charge in [-0.1, -0.05) is 0 Å². The molecule has 0 amide bonds. The second kappa shape index (κ2) is 5.61. The normalized spacial score (nSPS) is 25.2. The van der Waals surface area contributed by atoms with Crippen LogP contribution in [0.5, 0.6) is 0 Å². The van der Waals surface area contributed by atoms with Crippen LogP contribution in [0.2, 0.25) is 0 Å². The minimum absolute atomic E-state index is 0.449. The van der Waals surface area contributed by atoms with Gasteiger partial charge in [-0.15, -0.1) is 11.3 Å². The highest BCUT2D eigenvalue weighted by atomic mass is 32.1. The summed E-state index contributed by atoms with van der Waals surface area (Å²) in [5, 5.41) is 8.93. The first kappa shape index (κ1) is 13.1. The van der Waals surface area contributed by atoms with Gasteiger partial charge in [0.1, 0.15) is 4.88 Å². The standard InChI is InChI=1S/C14H20N2O2S/c17-14(18)13-4-3-12(19-13)10-15-8-5-11(9-15)16-6-1-2-7-16/h3-4,11H,1-2,5-10H2,(H,17,18). The zero-order chi connectivity index (χ0) is 13.2. The van der Waals surface area contributed by atoms with Gasteiger partial charge in [-0.3, -0.25) is 9.80 Å². The zero-order valence-corrected chi connectivity index (χ0v) is 11.9. The average Bonchev–Trinajstić information content (AvgIpc) is 3.09. The highest BCUT2D eigenvalue weighted by molar-refractivity contribution is 7.13. The van der Waals surface area contributed by atoms with E-state index in [4.69, 9.17) is 5.11 Å². The molecule has 2 saturated heterocycles. The first-order valence-corrected chi connectivity index (χ1v) is 7.82. The first-order chi connectivity index (χ1) is 9.22. The van der Waals surface area contributed by atoms with Gasteiger partial charge in [-0.2, -0.15) is 0 Å². The summed E-state index contributed by atoms with van der Waals surface area (Å²) in [6.07, 6.45) is 3.96. The van der Waals surface area contributed by atoms with Crippen molar-refractivity contribution in [3.63, 3.8) is 0 Å². The molecule has 104 valence electrons. The summed E-state index contributed by atoms with van der Waals surface area (Å²) in [6, 6.07) is 4.40. The molecule has 1 unspecified atom stereocenters. The predicted molar refractivity (Wildman–Crippen MR) is 75.8 cm³/mol. The van der Waals surface area contributed by atoms with Crippen LogP contribution in [-0.2, 0) is 6.54 Å². The number of rotatable bonds is 4. The van der Waals surface area contributed by atoms with Gasteiger partial charge in [0.15, 0.2) is 0 Å². The van der Waals surface area contributed by atoms with Crippen LogP contribution in [0.15, 0.2) is 12.1 Å². The molecule has 0 bridgehead atoms. The van der Waals surface area contributed by atoms with Gasteiger partial charge >= 0.3 is 5.97 Å². The van der Waals surface area contributed by atoms with Crippen LogP contribution in [0.4, 0.5) is 0 Å². The number of hydrogen-bond acceptors (Lipinski definition) is 4. The van der Waals surface area contributed by atoms with E-state index in [-0.39, 0.29) is 0 Å². The molecule has 1 aromatic rings. The SMILES string of the molecule is O=C(O)c1ccc(CN2CCC(N3CCCC3)C2)s1. The van der Waals surface area contributed by atoms with Crippen molar-refractivity contribution >= 4 is 17.3 Å². The third-order valence-corrected chi connectivity index (χ3v) is 5.21. The molecule has 1 aromatic heterocycles. The quantitative estimate of drug-likeness (QED) is 0.917. The van der Waals surface area contributed by atoms with Crippen LogP contribution in [-0.4, -0.2) is 53.1 Å². The van der Waals surface area contributed by atoms with Crippen LogP contribution in [0.1, 0.15) is 33.8 Å². The van der Waals surface area contributed by atoms with Crippen molar-refractivity contribution < 1.29 is 9.90 Å². The number of carbonyl (C=O) groups is 1. The van der Waals surface area contributed by atoms with Gasteiger partial charge in [0.05, 0.1) is 0 Å². The smallest absolute Gasteiger partial charge is 0.345 e. The molecule has 1 N–H and O–H groups in total. The van der Waals surface area contributed by atoms with E-state index >= 15 is 0 Å². The van der Waals surface area contributed by atoms with Crippen LogP contribution < -0.4 is 0 Å². The molecule has 1 atom stereocenters. The van der Waals surface area contributed by atoms with Crippen molar-refractivity contribution in [3.8, 4) is 0 Å². The lowest BCUT2D eigenvalue weighted by Gasteiger charge is -2.23. The fourth-order valence-corrected chi connectivity index (χ4v) is 4.05. The van der Waals surface area contributed by atoms with Crippen LogP contribution in [0.25, 0.3) is 0 Å². The number of aromatic carboxylic acids is 1. The van der Waals surface area contributed by atoms with Crippen molar-refractivity contribution in [2.75, 3.05) is 26.2 Å². The summed E-state index contributed by atoms with van der Waals surface area (Å²) in [6.45, 7) is 5.71. The van der Waals surface area contributed by atoms with E-state index in [2.05, 4.69) is 9.80 Å². The van der Waals surface area contributed by atoms with Gasteiger partial charge in [-0.25, -0.2) is 4.79 Å². The van der Waals surface area contributed by atoms with Gasteiger partial charge in [0.2, 0.25) is 0 Å². The van der Waals surface area contributed by atoms with Crippen molar-refractivity contribution in [2.45, 2.75) is 31.8 Å². The second-order valence-electron chi connectivity index (χ2n) is 5.49. The van der Waals surface area contributed by atoms with E-state index in [0.717, 1.165) is 25.7 Å². The topological polar surface area (TPSA) is 43.8 Å². The number of hydrogen-bond donors (Lipinski definition) is 1. The summed E-state index contributed by atoms with van der Waals surface area (Å²) >= 11 is 1.41. The van der Waals surface area contributed by atoms with Crippen molar-refractivity contribution in [1.29, 1.82) is 0 Å². The molecule has 0 radical (unpaired) electrons. The lowest BCUT2D eigenvalue weighted by Crippen LogP contribution is -2.35. The molecule has 2 aliphatic heterocycles. The molecular formula is C14H20N2O2S. The summed E-state index contributed by atoms with van der Waals surface area (Å²) in [7, 11) is 0. The number of thiophene rings is 1. The monoisotopic (exact) mass is 280 g/mol. The van der Waals surface area contributed by atoms with E-state index in [1.165, 1.54) is 48.6 Å². The van der Waals surface area contributed by atoms with Crippen molar-refractivity contribution in [1.82, 2.24) is 9.80 Å². The van der Waals surface area contributed by atoms with E-state index < -0.39 is 5.97 Å².